The van der Waals surface area contributed by atoms with Crippen molar-refractivity contribution in [1.82, 2.24) is 0 Å². The lowest BCUT2D eigenvalue weighted by Gasteiger charge is -2.59. The summed E-state index contributed by atoms with van der Waals surface area (Å²) in [6.45, 7) is 6.35. The molecule has 4 aliphatic carbocycles. The predicted octanol–water partition coefficient (Wildman–Crippen LogP) is 5.28. The normalized spacial score (nSPS) is 37.3. The van der Waals surface area contributed by atoms with Gasteiger partial charge in [0.2, 0.25) is 0 Å². The molecule has 0 spiro atoms. The van der Waals surface area contributed by atoms with Gasteiger partial charge in [-0.1, -0.05) is 26.0 Å². The Balaban J connectivity index is 1.39. The van der Waals surface area contributed by atoms with Crippen molar-refractivity contribution in [2.45, 2.75) is 70.8 Å². The van der Waals surface area contributed by atoms with Crippen LogP contribution in [0.25, 0.3) is 0 Å². The molecule has 0 aromatic heterocycles. The molecule has 0 saturated heterocycles. The molecule has 26 heavy (non-hydrogen) atoms. The molecule has 1 aromatic carbocycles. The molecule has 0 aliphatic heterocycles. The largest absolute Gasteiger partial charge is 0.508 e. The van der Waals surface area contributed by atoms with Crippen LogP contribution in [-0.4, -0.2) is 16.7 Å². The van der Waals surface area contributed by atoms with E-state index in [0.717, 1.165) is 23.8 Å². The van der Waals surface area contributed by atoms with Crippen molar-refractivity contribution in [3.63, 3.8) is 0 Å². The van der Waals surface area contributed by atoms with Crippen LogP contribution in [0.3, 0.4) is 0 Å². The lowest BCUT2D eigenvalue weighted by atomic mass is 9.50. The van der Waals surface area contributed by atoms with E-state index in [-0.39, 0.29) is 29.2 Å². The van der Waals surface area contributed by atoms with Gasteiger partial charge in [0.15, 0.2) is 0 Å². The molecule has 0 heterocycles. The minimum Gasteiger partial charge on any atom is -0.508 e. The smallest absolute Gasteiger partial charge is 0.309 e. The molecular weight excluding hydrogens is 324 g/mol. The highest BCUT2D eigenvalue weighted by Gasteiger charge is 2.57. The summed E-state index contributed by atoms with van der Waals surface area (Å²) in [6, 6.07) is 7.31. The number of benzene rings is 1. The maximum absolute atomic E-state index is 12.9. The number of ether oxygens (including phenoxy) is 1. The Bertz CT molecular complexity index is 635. The van der Waals surface area contributed by atoms with Gasteiger partial charge in [0.25, 0.3) is 0 Å². The zero-order valence-corrected chi connectivity index (χ0v) is 16.3. The number of aromatic hydroxyl groups is 1. The first-order valence-corrected chi connectivity index (χ1v) is 10.4. The fourth-order valence-electron chi connectivity index (χ4n) is 6.17. The summed E-state index contributed by atoms with van der Waals surface area (Å²) in [5.41, 5.74) is 0.920. The number of hydrogen-bond donors (Lipinski definition) is 1. The van der Waals surface area contributed by atoms with Gasteiger partial charge in [-0.15, -0.1) is 0 Å². The van der Waals surface area contributed by atoms with E-state index in [4.69, 9.17) is 4.74 Å². The van der Waals surface area contributed by atoms with Crippen molar-refractivity contribution in [3.05, 3.63) is 29.8 Å². The first-order chi connectivity index (χ1) is 12.3. The van der Waals surface area contributed by atoms with Crippen molar-refractivity contribution in [1.29, 1.82) is 0 Å². The van der Waals surface area contributed by atoms with E-state index < -0.39 is 0 Å². The van der Waals surface area contributed by atoms with Gasteiger partial charge in [0, 0.05) is 0 Å². The summed E-state index contributed by atoms with van der Waals surface area (Å²) >= 11 is 0. The third-order valence-electron chi connectivity index (χ3n) is 7.65. The highest BCUT2D eigenvalue weighted by Crippen LogP contribution is 2.59. The Labute approximate surface area is 157 Å². The molecule has 5 rings (SSSR count). The highest BCUT2D eigenvalue weighted by atomic mass is 16.6. The third kappa shape index (κ3) is 3.14. The van der Waals surface area contributed by atoms with E-state index in [1.807, 2.05) is 19.1 Å². The van der Waals surface area contributed by atoms with Gasteiger partial charge < -0.3 is 9.84 Å². The minimum absolute atomic E-state index is 0.0226. The molecule has 2 atom stereocenters. The van der Waals surface area contributed by atoms with Crippen LogP contribution >= 0.6 is 0 Å². The fourth-order valence-corrected chi connectivity index (χ4v) is 6.17. The quantitative estimate of drug-likeness (QED) is 0.730. The number of esters is 1. The van der Waals surface area contributed by atoms with Crippen LogP contribution in [0.15, 0.2) is 24.3 Å². The van der Waals surface area contributed by atoms with Crippen molar-refractivity contribution in [3.8, 4) is 5.75 Å². The molecule has 0 radical (unpaired) electrons. The second-order valence-corrected chi connectivity index (χ2v) is 9.54. The lowest BCUT2D eigenvalue weighted by Crippen LogP contribution is -2.58. The van der Waals surface area contributed by atoms with Crippen LogP contribution in [0.5, 0.6) is 5.75 Å². The molecule has 3 heteroatoms. The Kier molecular flexibility index (Phi) is 4.53. The zero-order chi connectivity index (χ0) is 18.5. The van der Waals surface area contributed by atoms with Crippen molar-refractivity contribution < 1.29 is 14.6 Å². The summed E-state index contributed by atoms with van der Waals surface area (Å²) in [6.07, 6.45) is 7.23. The van der Waals surface area contributed by atoms with Crippen molar-refractivity contribution >= 4 is 5.97 Å². The Morgan fingerprint density at radius 1 is 1.08 bits per heavy atom. The van der Waals surface area contributed by atoms with Crippen LogP contribution < -0.4 is 0 Å². The average molecular weight is 357 g/mol. The Morgan fingerprint density at radius 3 is 2.15 bits per heavy atom. The van der Waals surface area contributed by atoms with E-state index >= 15 is 0 Å². The molecule has 4 fully saturated rings. The molecule has 3 nitrogen and oxygen atoms in total. The Morgan fingerprint density at radius 2 is 1.62 bits per heavy atom. The first-order valence-electron chi connectivity index (χ1n) is 10.4. The summed E-state index contributed by atoms with van der Waals surface area (Å²) in [7, 11) is 0. The van der Waals surface area contributed by atoms with Crippen molar-refractivity contribution in [2.24, 2.45) is 29.6 Å². The third-order valence-corrected chi connectivity index (χ3v) is 7.65. The van der Waals surface area contributed by atoms with Crippen LogP contribution in [0.1, 0.15) is 70.8 Å². The second-order valence-electron chi connectivity index (χ2n) is 9.54. The summed E-state index contributed by atoms with van der Waals surface area (Å²) < 4.78 is 6.25. The van der Waals surface area contributed by atoms with E-state index in [1.54, 1.807) is 12.1 Å². The first kappa shape index (κ1) is 17.9. The maximum Gasteiger partial charge on any atom is 0.309 e. The van der Waals surface area contributed by atoms with Gasteiger partial charge in [-0.05, 0) is 92.7 Å². The van der Waals surface area contributed by atoms with Crippen LogP contribution in [0.4, 0.5) is 0 Å². The minimum atomic E-state index is -0.236. The van der Waals surface area contributed by atoms with Gasteiger partial charge in [0.1, 0.15) is 11.4 Å². The van der Waals surface area contributed by atoms with E-state index in [2.05, 4.69) is 13.8 Å². The molecular formula is C23H32O3. The summed E-state index contributed by atoms with van der Waals surface area (Å²) in [4.78, 5) is 12.9. The molecule has 1 N–H and O–H groups in total. The number of phenolic OH excluding ortho intramolecular Hbond substituents is 1. The average Bonchev–Trinajstić information content (AvgIpc) is 2.59. The molecule has 4 bridgehead atoms. The number of rotatable bonds is 5. The van der Waals surface area contributed by atoms with Crippen LogP contribution in [0, 0.1) is 29.6 Å². The van der Waals surface area contributed by atoms with Crippen LogP contribution in [-0.2, 0) is 9.53 Å². The van der Waals surface area contributed by atoms with E-state index in [9.17, 15) is 9.90 Å². The lowest BCUT2D eigenvalue weighted by molar-refractivity contribution is -0.206. The number of carbonyl (C=O) groups excluding carboxylic acids is 1. The van der Waals surface area contributed by atoms with Crippen LogP contribution in [0.2, 0.25) is 0 Å². The molecule has 0 amide bonds. The highest BCUT2D eigenvalue weighted by molar-refractivity contribution is 5.72. The topological polar surface area (TPSA) is 46.5 Å². The van der Waals surface area contributed by atoms with Gasteiger partial charge in [-0.3, -0.25) is 4.79 Å². The molecule has 1 aromatic rings. The van der Waals surface area contributed by atoms with Gasteiger partial charge >= 0.3 is 5.97 Å². The summed E-state index contributed by atoms with van der Waals surface area (Å²) in [5, 5.41) is 9.45. The molecule has 4 aliphatic rings. The van der Waals surface area contributed by atoms with E-state index in [1.165, 1.54) is 32.1 Å². The molecule has 2 unspecified atom stereocenters. The number of phenols is 1. The SMILES string of the molecule is CC(CC(C)c1ccc(O)cc1)C(=O)OC1(C)C2CC3CC(C2)CC1C3. The maximum atomic E-state index is 12.9. The zero-order valence-electron chi connectivity index (χ0n) is 16.3. The van der Waals surface area contributed by atoms with E-state index in [0.29, 0.717) is 11.8 Å². The predicted molar refractivity (Wildman–Crippen MR) is 102 cm³/mol. The fraction of sp³-hybridized carbons (Fsp3) is 0.696. The standard InChI is InChI=1S/C23H32O3/c1-14(18-4-6-21(24)7-5-18)8-15(2)22(25)26-23(3)19-10-16-9-17(12-19)13-20(23)11-16/h4-7,14-17,19-20,24H,8-13H2,1-3H3. The molecule has 142 valence electrons. The van der Waals surface area contributed by atoms with Crippen molar-refractivity contribution in [2.75, 3.05) is 0 Å². The second kappa shape index (κ2) is 6.58. The monoisotopic (exact) mass is 356 g/mol. The summed E-state index contributed by atoms with van der Waals surface area (Å²) in [5.74, 6) is 3.34. The number of carbonyl (C=O) groups is 1. The van der Waals surface area contributed by atoms with Gasteiger partial charge in [-0.25, -0.2) is 0 Å². The number of hydrogen-bond acceptors (Lipinski definition) is 3. The molecule has 4 saturated carbocycles. The van der Waals surface area contributed by atoms with Gasteiger partial charge in [-0.2, -0.15) is 0 Å². The van der Waals surface area contributed by atoms with Gasteiger partial charge in [0.05, 0.1) is 5.92 Å². The Hall–Kier alpha value is -1.51.